The van der Waals surface area contributed by atoms with Crippen LogP contribution in [0.2, 0.25) is 0 Å². The van der Waals surface area contributed by atoms with Gasteiger partial charge in [0.25, 0.3) is 5.91 Å². The number of amides is 2. The van der Waals surface area contributed by atoms with Gasteiger partial charge in [0.15, 0.2) is 0 Å². The predicted molar refractivity (Wildman–Crippen MR) is 124 cm³/mol. The summed E-state index contributed by atoms with van der Waals surface area (Å²) in [5.41, 5.74) is 1.83. The van der Waals surface area contributed by atoms with Crippen molar-refractivity contribution in [3.8, 4) is 5.75 Å². The van der Waals surface area contributed by atoms with E-state index in [0.717, 1.165) is 19.3 Å². The lowest BCUT2D eigenvalue weighted by Gasteiger charge is -2.37. The molecule has 1 fully saturated rings. The Kier molecular flexibility index (Phi) is 8.16. The number of carbonyl (C=O) groups excluding carboxylic acids is 2. The highest BCUT2D eigenvalue weighted by Crippen LogP contribution is 2.39. The average molecular weight is 427 g/mol. The Labute approximate surface area is 187 Å². The van der Waals surface area contributed by atoms with E-state index >= 15 is 0 Å². The lowest BCUT2D eigenvalue weighted by molar-refractivity contribution is -0.122. The van der Waals surface area contributed by atoms with Crippen molar-refractivity contribution in [2.24, 2.45) is 23.7 Å². The smallest absolute Gasteiger partial charge is 0.255 e. The SMILES string of the molecule is COc1ccccc1C(=O)NCC1C=C(C)C(CC(=O)NC2CCCC2)CC1C(C)C. The second-order valence-corrected chi connectivity index (χ2v) is 9.58. The predicted octanol–water partition coefficient (Wildman–Crippen LogP) is 4.73. The Balaban J connectivity index is 1.62. The van der Waals surface area contributed by atoms with E-state index in [2.05, 4.69) is 37.5 Å². The molecule has 170 valence electrons. The van der Waals surface area contributed by atoms with Gasteiger partial charge in [-0.2, -0.15) is 0 Å². The molecule has 1 aromatic carbocycles. The van der Waals surface area contributed by atoms with Gasteiger partial charge in [-0.25, -0.2) is 0 Å². The van der Waals surface area contributed by atoms with Crippen LogP contribution in [-0.4, -0.2) is 31.5 Å². The first-order chi connectivity index (χ1) is 14.9. The number of carbonyl (C=O) groups is 2. The quantitative estimate of drug-likeness (QED) is 0.591. The summed E-state index contributed by atoms with van der Waals surface area (Å²) in [4.78, 5) is 25.3. The second kappa shape index (κ2) is 10.8. The third-order valence-corrected chi connectivity index (χ3v) is 7.09. The number of allylic oxidation sites excluding steroid dienone is 1. The van der Waals surface area contributed by atoms with Crippen molar-refractivity contribution < 1.29 is 14.3 Å². The number of ether oxygens (including phenoxy) is 1. The van der Waals surface area contributed by atoms with Crippen LogP contribution in [0.1, 0.15) is 69.7 Å². The first-order valence-electron chi connectivity index (χ1n) is 11.8. The summed E-state index contributed by atoms with van der Waals surface area (Å²) in [6, 6.07) is 7.67. The first kappa shape index (κ1) is 23.4. The zero-order valence-corrected chi connectivity index (χ0v) is 19.4. The lowest BCUT2D eigenvalue weighted by atomic mass is 9.69. The minimum absolute atomic E-state index is 0.107. The number of hydrogen-bond acceptors (Lipinski definition) is 3. The van der Waals surface area contributed by atoms with Crippen LogP contribution in [0.15, 0.2) is 35.9 Å². The van der Waals surface area contributed by atoms with Crippen LogP contribution in [0, 0.1) is 23.7 Å². The van der Waals surface area contributed by atoms with Gasteiger partial charge < -0.3 is 15.4 Å². The fraction of sp³-hybridized carbons (Fsp3) is 0.615. The summed E-state index contributed by atoms with van der Waals surface area (Å²) < 4.78 is 5.32. The zero-order chi connectivity index (χ0) is 22.4. The van der Waals surface area contributed by atoms with Crippen LogP contribution in [0.4, 0.5) is 0 Å². The summed E-state index contributed by atoms with van der Waals surface area (Å²) >= 11 is 0. The van der Waals surface area contributed by atoms with Gasteiger partial charge in [0, 0.05) is 19.0 Å². The number of rotatable bonds is 8. The number of methoxy groups -OCH3 is 1. The van der Waals surface area contributed by atoms with Crippen molar-refractivity contribution in [3.63, 3.8) is 0 Å². The van der Waals surface area contributed by atoms with Crippen molar-refractivity contribution in [1.29, 1.82) is 0 Å². The molecule has 1 aromatic rings. The first-order valence-corrected chi connectivity index (χ1v) is 11.8. The summed E-state index contributed by atoms with van der Waals surface area (Å²) in [6.45, 7) is 7.21. The molecule has 0 bridgehead atoms. The molecular weight excluding hydrogens is 388 g/mol. The average Bonchev–Trinajstić information content (AvgIpc) is 3.26. The van der Waals surface area contributed by atoms with E-state index in [4.69, 9.17) is 4.74 Å². The molecular formula is C26H38N2O3. The third-order valence-electron chi connectivity index (χ3n) is 7.09. The Morgan fingerprint density at radius 2 is 1.87 bits per heavy atom. The fourth-order valence-corrected chi connectivity index (χ4v) is 5.23. The van der Waals surface area contributed by atoms with Crippen LogP contribution in [0.25, 0.3) is 0 Å². The van der Waals surface area contributed by atoms with Gasteiger partial charge in [-0.3, -0.25) is 9.59 Å². The number of hydrogen-bond donors (Lipinski definition) is 2. The molecule has 5 heteroatoms. The zero-order valence-electron chi connectivity index (χ0n) is 19.4. The van der Waals surface area contributed by atoms with E-state index in [1.54, 1.807) is 19.2 Å². The van der Waals surface area contributed by atoms with Crippen LogP contribution >= 0.6 is 0 Å². The van der Waals surface area contributed by atoms with E-state index in [1.165, 1.54) is 18.4 Å². The summed E-state index contributed by atoms with van der Waals surface area (Å²) in [6.07, 6.45) is 8.55. The highest BCUT2D eigenvalue weighted by Gasteiger charge is 2.33. The van der Waals surface area contributed by atoms with Crippen molar-refractivity contribution >= 4 is 11.8 Å². The van der Waals surface area contributed by atoms with E-state index in [9.17, 15) is 9.59 Å². The third kappa shape index (κ3) is 6.11. The largest absolute Gasteiger partial charge is 0.496 e. The molecule has 3 unspecified atom stereocenters. The number of benzene rings is 1. The van der Waals surface area contributed by atoms with Crippen LogP contribution in [0.5, 0.6) is 5.75 Å². The van der Waals surface area contributed by atoms with E-state index in [0.29, 0.717) is 42.2 Å². The fourth-order valence-electron chi connectivity index (χ4n) is 5.23. The summed E-state index contributed by atoms with van der Waals surface area (Å²) in [7, 11) is 1.58. The van der Waals surface area contributed by atoms with E-state index in [1.807, 2.05) is 12.1 Å². The monoisotopic (exact) mass is 426 g/mol. The summed E-state index contributed by atoms with van der Waals surface area (Å²) in [5.74, 6) is 2.15. The van der Waals surface area contributed by atoms with Gasteiger partial charge >= 0.3 is 0 Å². The number of para-hydroxylation sites is 1. The molecule has 5 nitrogen and oxygen atoms in total. The highest BCUT2D eigenvalue weighted by molar-refractivity contribution is 5.96. The molecule has 2 aliphatic carbocycles. The van der Waals surface area contributed by atoms with Crippen molar-refractivity contribution in [2.75, 3.05) is 13.7 Å². The van der Waals surface area contributed by atoms with Crippen LogP contribution in [-0.2, 0) is 4.79 Å². The summed E-state index contributed by atoms with van der Waals surface area (Å²) in [5, 5.41) is 6.35. The molecule has 3 rings (SSSR count). The molecule has 0 saturated heterocycles. The molecule has 0 aromatic heterocycles. The van der Waals surface area contributed by atoms with Gasteiger partial charge in [-0.15, -0.1) is 0 Å². The normalized spacial score (nSPS) is 24.0. The maximum absolute atomic E-state index is 12.7. The minimum Gasteiger partial charge on any atom is -0.496 e. The molecule has 3 atom stereocenters. The van der Waals surface area contributed by atoms with Gasteiger partial charge in [0.1, 0.15) is 5.75 Å². The van der Waals surface area contributed by atoms with E-state index < -0.39 is 0 Å². The molecule has 0 radical (unpaired) electrons. The van der Waals surface area contributed by atoms with Crippen LogP contribution in [0.3, 0.4) is 0 Å². The molecule has 0 spiro atoms. The van der Waals surface area contributed by atoms with Gasteiger partial charge in [-0.05, 0) is 62.0 Å². The molecule has 31 heavy (non-hydrogen) atoms. The Morgan fingerprint density at radius 3 is 2.55 bits per heavy atom. The lowest BCUT2D eigenvalue weighted by Crippen LogP contribution is -2.39. The Hall–Kier alpha value is -2.30. The van der Waals surface area contributed by atoms with Crippen molar-refractivity contribution in [1.82, 2.24) is 10.6 Å². The molecule has 0 heterocycles. The standard InChI is InChI=1S/C26H38N2O3/c1-17(2)23-14-19(15-25(29)28-21-9-5-6-10-21)18(3)13-20(23)16-27-26(30)22-11-7-8-12-24(22)31-4/h7-8,11-13,17,19-21,23H,5-6,9-10,14-16H2,1-4H3,(H,27,30)(H,28,29). The minimum atomic E-state index is -0.107. The molecule has 1 saturated carbocycles. The van der Waals surface area contributed by atoms with Crippen molar-refractivity contribution in [3.05, 3.63) is 41.5 Å². The molecule has 2 N–H and O–H groups in total. The van der Waals surface area contributed by atoms with E-state index in [-0.39, 0.29) is 23.7 Å². The maximum atomic E-state index is 12.7. The molecule has 0 aliphatic heterocycles. The highest BCUT2D eigenvalue weighted by atomic mass is 16.5. The van der Waals surface area contributed by atoms with Crippen LogP contribution < -0.4 is 15.4 Å². The van der Waals surface area contributed by atoms with Gasteiger partial charge in [0.2, 0.25) is 5.91 Å². The number of nitrogens with one attached hydrogen (secondary N) is 2. The van der Waals surface area contributed by atoms with Crippen molar-refractivity contribution in [2.45, 2.75) is 65.3 Å². The Morgan fingerprint density at radius 1 is 1.16 bits per heavy atom. The Bertz CT molecular complexity index is 796. The maximum Gasteiger partial charge on any atom is 0.255 e. The van der Waals surface area contributed by atoms with Gasteiger partial charge in [0.05, 0.1) is 12.7 Å². The van der Waals surface area contributed by atoms with Gasteiger partial charge in [-0.1, -0.05) is 50.5 Å². The molecule has 2 aliphatic rings. The second-order valence-electron chi connectivity index (χ2n) is 9.58. The topological polar surface area (TPSA) is 67.4 Å². The molecule has 2 amide bonds.